The number of pyridine rings is 1. The maximum absolute atomic E-state index is 13.5. The van der Waals surface area contributed by atoms with Crippen LogP contribution in [-0.4, -0.2) is 58.6 Å². The molecule has 3 heterocycles. The van der Waals surface area contributed by atoms with Gasteiger partial charge in [0.05, 0.1) is 23.4 Å². The molecule has 1 spiro atoms. The lowest BCUT2D eigenvalue weighted by Crippen LogP contribution is -2.50. The van der Waals surface area contributed by atoms with E-state index < -0.39 is 0 Å². The van der Waals surface area contributed by atoms with Gasteiger partial charge in [-0.15, -0.1) is 0 Å². The molecule has 7 nitrogen and oxygen atoms in total. The highest BCUT2D eigenvalue weighted by Gasteiger charge is 2.50. The molecule has 2 saturated carbocycles. The van der Waals surface area contributed by atoms with Gasteiger partial charge in [-0.1, -0.05) is 0 Å². The van der Waals surface area contributed by atoms with Crippen LogP contribution in [0.15, 0.2) is 18.3 Å². The normalized spacial score (nSPS) is 32.0. The molecule has 2 saturated heterocycles. The van der Waals surface area contributed by atoms with Crippen LogP contribution in [0.25, 0.3) is 0 Å². The molecule has 0 radical (unpaired) electrons. The number of carbonyl (C=O) groups is 2. The number of nitrogens with one attached hydrogen (secondary N) is 1. The van der Waals surface area contributed by atoms with E-state index in [1.54, 1.807) is 6.20 Å². The van der Waals surface area contributed by atoms with Crippen LogP contribution in [-0.2, 0) is 9.59 Å². The number of hydrogen-bond acceptors (Lipinski definition) is 5. The van der Waals surface area contributed by atoms with Gasteiger partial charge < -0.3 is 20.2 Å². The molecule has 1 aromatic heterocycles. The van der Waals surface area contributed by atoms with Gasteiger partial charge in [-0.05, 0) is 69.9 Å². The highest BCUT2D eigenvalue weighted by Crippen LogP contribution is 2.43. The van der Waals surface area contributed by atoms with Gasteiger partial charge in [0, 0.05) is 31.6 Å². The van der Waals surface area contributed by atoms with Crippen molar-refractivity contribution < 1.29 is 14.7 Å². The maximum Gasteiger partial charge on any atom is 0.230 e. The summed E-state index contributed by atoms with van der Waals surface area (Å²) in [4.78, 5) is 34.3. The molecule has 2 aliphatic heterocycles. The van der Waals surface area contributed by atoms with Gasteiger partial charge >= 0.3 is 0 Å². The van der Waals surface area contributed by atoms with Crippen LogP contribution in [0.2, 0.25) is 0 Å². The van der Waals surface area contributed by atoms with Crippen molar-refractivity contribution >= 4 is 23.3 Å². The summed E-state index contributed by atoms with van der Waals surface area (Å²) in [6.07, 6.45) is 9.81. The molecule has 30 heavy (non-hydrogen) atoms. The SMILES string of the molecule is O=C(Nc1ccc(N2CCC[C@@]3(CCN([C@H]4CC[C@H](O)CC4)C3=O)C2)nc1)C1CC1. The number of aliphatic hydroxyl groups is 1. The number of hydrogen-bond donors (Lipinski definition) is 2. The second kappa shape index (κ2) is 7.84. The van der Waals surface area contributed by atoms with E-state index >= 15 is 0 Å². The average Bonchev–Trinajstić information content (AvgIpc) is 3.57. The van der Waals surface area contributed by atoms with E-state index in [2.05, 4.69) is 20.1 Å². The zero-order chi connectivity index (χ0) is 20.7. The van der Waals surface area contributed by atoms with Crippen LogP contribution in [0, 0.1) is 11.3 Å². The molecule has 7 heteroatoms. The molecule has 4 fully saturated rings. The number of amides is 2. The van der Waals surface area contributed by atoms with Crippen molar-refractivity contribution in [3.63, 3.8) is 0 Å². The Balaban J connectivity index is 1.24. The Kier molecular flexibility index (Phi) is 5.17. The zero-order valence-electron chi connectivity index (χ0n) is 17.6. The smallest absolute Gasteiger partial charge is 0.230 e. The molecule has 2 amide bonds. The van der Waals surface area contributed by atoms with Gasteiger partial charge in [0.25, 0.3) is 0 Å². The molecular formula is C23H32N4O3. The van der Waals surface area contributed by atoms with E-state index in [4.69, 9.17) is 0 Å². The van der Waals surface area contributed by atoms with E-state index in [1.807, 2.05) is 12.1 Å². The fourth-order valence-electron chi connectivity index (χ4n) is 5.51. The lowest BCUT2D eigenvalue weighted by Gasteiger charge is -2.41. The topological polar surface area (TPSA) is 85.8 Å². The van der Waals surface area contributed by atoms with Crippen molar-refractivity contribution in [2.45, 2.75) is 69.9 Å². The highest BCUT2D eigenvalue weighted by molar-refractivity contribution is 5.94. The van der Waals surface area contributed by atoms with Gasteiger partial charge in [0.15, 0.2) is 0 Å². The lowest BCUT2D eigenvalue weighted by atomic mass is 9.78. The fourth-order valence-corrected chi connectivity index (χ4v) is 5.51. The minimum atomic E-state index is -0.297. The third-order valence-electron chi connectivity index (χ3n) is 7.52. The molecular weight excluding hydrogens is 380 g/mol. The van der Waals surface area contributed by atoms with E-state index in [1.165, 1.54) is 0 Å². The predicted octanol–water partition coefficient (Wildman–Crippen LogP) is 2.55. The summed E-state index contributed by atoms with van der Waals surface area (Å²) < 4.78 is 0. The standard InChI is InChI=1S/C23H32N4O3/c28-19-7-5-18(6-8-19)27-13-11-23(22(27)30)10-1-12-26(15-23)20-9-4-17(14-24-20)25-21(29)16-2-3-16/h4,9,14,16,18-19,28H,1-3,5-8,10-13,15H2,(H,25,29)/t18-,19-,23-/m1/s1. The Labute approximate surface area is 177 Å². The van der Waals surface area contributed by atoms with Crippen molar-refractivity contribution in [2.24, 2.45) is 11.3 Å². The zero-order valence-corrected chi connectivity index (χ0v) is 17.6. The predicted molar refractivity (Wildman–Crippen MR) is 114 cm³/mol. The Bertz CT molecular complexity index is 801. The first kappa shape index (κ1) is 19.8. The van der Waals surface area contributed by atoms with Crippen LogP contribution >= 0.6 is 0 Å². The Hall–Kier alpha value is -2.15. The monoisotopic (exact) mass is 412 g/mol. The molecule has 0 bridgehead atoms. The Morgan fingerprint density at radius 1 is 1.10 bits per heavy atom. The summed E-state index contributed by atoms with van der Waals surface area (Å²) in [5.41, 5.74) is 0.444. The number of rotatable bonds is 4. The summed E-state index contributed by atoms with van der Waals surface area (Å²) >= 11 is 0. The Morgan fingerprint density at radius 2 is 1.90 bits per heavy atom. The molecule has 1 aromatic rings. The number of aromatic nitrogens is 1. The molecule has 2 N–H and O–H groups in total. The van der Waals surface area contributed by atoms with Gasteiger partial charge in [0.2, 0.25) is 11.8 Å². The van der Waals surface area contributed by atoms with Crippen LogP contribution < -0.4 is 10.2 Å². The summed E-state index contributed by atoms with van der Waals surface area (Å²) in [6, 6.07) is 4.17. The van der Waals surface area contributed by atoms with E-state index in [0.29, 0.717) is 11.9 Å². The Morgan fingerprint density at radius 3 is 2.60 bits per heavy atom. The third kappa shape index (κ3) is 3.80. The van der Waals surface area contributed by atoms with Crippen LogP contribution in [0.5, 0.6) is 0 Å². The van der Waals surface area contributed by atoms with Crippen LogP contribution in [0.4, 0.5) is 11.5 Å². The third-order valence-corrected chi connectivity index (χ3v) is 7.52. The number of anilines is 2. The van der Waals surface area contributed by atoms with Gasteiger partial charge in [-0.25, -0.2) is 4.98 Å². The van der Waals surface area contributed by atoms with Crippen LogP contribution in [0.3, 0.4) is 0 Å². The van der Waals surface area contributed by atoms with Crippen molar-refractivity contribution in [3.8, 4) is 0 Å². The minimum Gasteiger partial charge on any atom is -0.393 e. The molecule has 5 rings (SSSR count). The van der Waals surface area contributed by atoms with Crippen LogP contribution in [0.1, 0.15) is 57.8 Å². The summed E-state index contributed by atoms with van der Waals surface area (Å²) in [5, 5.41) is 12.7. The first-order chi connectivity index (χ1) is 14.5. The molecule has 0 aromatic carbocycles. The molecule has 2 aliphatic carbocycles. The van der Waals surface area contributed by atoms with Crippen molar-refractivity contribution in [1.82, 2.24) is 9.88 Å². The molecule has 162 valence electrons. The minimum absolute atomic E-state index is 0.0911. The van der Waals surface area contributed by atoms with Gasteiger partial charge in [-0.2, -0.15) is 0 Å². The summed E-state index contributed by atoms with van der Waals surface area (Å²) in [5.74, 6) is 1.45. The van der Waals surface area contributed by atoms with Crippen molar-refractivity contribution in [2.75, 3.05) is 29.9 Å². The first-order valence-corrected chi connectivity index (χ1v) is 11.6. The van der Waals surface area contributed by atoms with E-state index in [-0.39, 0.29) is 23.3 Å². The second-order valence-electron chi connectivity index (χ2n) is 9.68. The number of carbonyl (C=O) groups excluding carboxylic acids is 2. The molecule has 0 unspecified atom stereocenters. The maximum atomic E-state index is 13.5. The number of piperidine rings is 1. The quantitative estimate of drug-likeness (QED) is 0.794. The highest BCUT2D eigenvalue weighted by atomic mass is 16.3. The average molecular weight is 413 g/mol. The second-order valence-corrected chi connectivity index (χ2v) is 9.68. The summed E-state index contributed by atoms with van der Waals surface area (Å²) in [6.45, 7) is 2.47. The van der Waals surface area contributed by atoms with E-state index in [9.17, 15) is 14.7 Å². The lowest BCUT2D eigenvalue weighted by molar-refractivity contribution is -0.139. The number of aliphatic hydroxyl groups excluding tert-OH is 1. The van der Waals surface area contributed by atoms with E-state index in [0.717, 1.165) is 88.9 Å². The van der Waals surface area contributed by atoms with Crippen molar-refractivity contribution in [1.29, 1.82) is 0 Å². The first-order valence-electron chi connectivity index (χ1n) is 11.6. The largest absolute Gasteiger partial charge is 0.393 e. The van der Waals surface area contributed by atoms with Gasteiger partial charge in [0.1, 0.15) is 5.82 Å². The summed E-state index contributed by atoms with van der Waals surface area (Å²) in [7, 11) is 0. The molecule has 1 atom stereocenters. The number of nitrogens with zero attached hydrogens (tertiary/aromatic N) is 3. The van der Waals surface area contributed by atoms with Gasteiger partial charge in [-0.3, -0.25) is 9.59 Å². The van der Waals surface area contributed by atoms with Crippen molar-refractivity contribution in [3.05, 3.63) is 18.3 Å². The number of likely N-dealkylation sites (tertiary alicyclic amines) is 1. The molecule has 4 aliphatic rings. The fraction of sp³-hybridized carbons (Fsp3) is 0.696.